The van der Waals surface area contributed by atoms with E-state index in [4.69, 9.17) is 4.74 Å². The van der Waals surface area contributed by atoms with E-state index in [9.17, 15) is 4.39 Å². The van der Waals surface area contributed by atoms with Crippen molar-refractivity contribution in [3.63, 3.8) is 0 Å². The molecule has 17 heavy (non-hydrogen) atoms. The van der Waals surface area contributed by atoms with Crippen molar-refractivity contribution in [1.29, 1.82) is 0 Å². The van der Waals surface area contributed by atoms with Crippen molar-refractivity contribution in [3.8, 4) is 0 Å². The van der Waals surface area contributed by atoms with Gasteiger partial charge in [0.05, 0.1) is 6.10 Å². The summed E-state index contributed by atoms with van der Waals surface area (Å²) in [4.78, 5) is 0. The third-order valence-electron chi connectivity index (χ3n) is 2.94. The molecule has 0 aliphatic heterocycles. The second kappa shape index (κ2) is 6.12. The number of ether oxygens (including phenoxy) is 1. The Morgan fingerprint density at radius 3 is 2.82 bits per heavy atom. The van der Waals surface area contributed by atoms with Crippen LogP contribution in [-0.4, -0.2) is 19.2 Å². The zero-order valence-electron chi connectivity index (χ0n) is 10.3. The molecule has 1 N–H and O–H groups in total. The highest BCUT2D eigenvalue weighted by molar-refractivity contribution is 5.20. The lowest BCUT2D eigenvalue weighted by Crippen LogP contribution is -2.26. The second-order valence-corrected chi connectivity index (χ2v) is 4.56. The van der Waals surface area contributed by atoms with Crippen LogP contribution in [0.3, 0.4) is 0 Å². The summed E-state index contributed by atoms with van der Waals surface area (Å²) >= 11 is 0. The minimum atomic E-state index is -0.175. The van der Waals surface area contributed by atoms with E-state index in [1.165, 1.54) is 18.9 Å². The van der Waals surface area contributed by atoms with Crippen LogP contribution >= 0.6 is 0 Å². The third-order valence-corrected chi connectivity index (χ3v) is 2.94. The van der Waals surface area contributed by atoms with E-state index in [1.54, 1.807) is 6.07 Å². The van der Waals surface area contributed by atoms with Crippen molar-refractivity contribution in [2.45, 2.75) is 38.3 Å². The van der Waals surface area contributed by atoms with Crippen LogP contribution in [0, 0.1) is 5.82 Å². The summed E-state index contributed by atoms with van der Waals surface area (Å²) < 4.78 is 19.4. The molecule has 2 nitrogen and oxygen atoms in total. The highest BCUT2D eigenvalue weighted by Crippen LogP contribution is 2.23. The second-order valence-electron chi connectivity index (χ2n) is 4.56. The molecule has 1 atom stereocenters. The van der Waals surface area contributed by atoms with E-state index in [0.717, 1.165) is 6.42 Å². The lowest BCUT2D eigenvalue weighted by molar-refractivity contribution is 0.0503. The molecule has 2 rings (SSSR count). The summed E-state index contributed by atoms with van der Waals surface area (Å²) in [6.07, 6.45) is 3.25. The van der Waals surface area contributed by atoms with Crippen LogP contribution in [0.5, 0.6) is 0 Å². The van der Waals surface area contributed by atoms with Crippen LogP contribution in [0.4, 0.5) is 4.39 Å². The summed E-state index contributed by atoms with van der Waals surface area (Å²) in [5, 5.41) is 3.40. The molecule has 0 aromatic heterocycles. The van der Waals surface area contributed by atoms with Crippen LogP contribution in [0.1, 0.15) is 37.9 Å². The third kappa shape index (κ3) is 3.79. The molecule has 0 bridgehead atoms. The van der Waals surface area contributed by atoms with Gasteiger partial charge >= 0.3 is 0 Å². The molecule has 94 valence electrons. The lowest BCUT2D eigenvalue weighted by Gasteiger charge is -2.19. The molecule has 3 heteroatoms. The van der Waals surface area contributed by atoms with E-state index in [2.05, 4.69) is 12.2 Å². The number of benzene rings is 1. The van der Waals surface area contributed by atoms with Gasteiger partial charge in [0.15, 0.2) is 0 Å². The monoisotopic (exact) mass is 237 g/mol. The SMILES string of the molecule is CCCOC(CNC1CC1)c1ccccc1F. The molecular formula is C14H20FNO. The van der Waals surface area contributed by atoms with E-state index in [0.29, 0.717) is 24.8 Å². The van der Waals surface area contributed by atoms with Gasteiger partial charge in [-0.15, -0.1) is 0 Å². The summed E-state index contributed by atoms with van der Waals surface area (Å²) in [6.45, 7) is 3.43. The van der Waals surface area contributed by atoms with Gasteiger partial charge in [0.1, 0.15) is 5.82 Å². The van der Waals surface area contributed by atoms with Gasteiger partial charge in [-0.25, -0.2) is 4.39 Å². The Morgan fingerprint density at radius 2 is 2.18 bits per heavy atom. The Hall–Kier alpha value is -0.930. The molecule has 0 spiro atoms. The molecule has 1 aliphatic carbocycles. The van der Waals surface area contributed by atoms with Crippen molar-refractivity contribution >= 4 is 0 Å². The average molecular weight is 237 g/mol. The molecular weight excluding hydrogens is 217 g/mol. The van der Waals surface area contributed by atoms with Crippen molar-refractivity contribution in [2.24, 2.45) is 0 Å². The molecule has 0 heterocycles. The summed E-state index contributed by atoms with van der Waals surface area (Å²) in [7, 11) is 0. The number of hydrogen-bond acceptors (Lipinski definition) is 2. The molecule has 1 aliphatic rings. The van der Waals surface area contributed by atoms with Gasteiger partial charge in [0, 0.05) is 24.8 Å². The number of rotatable bonds is 7. The van der Waals surface area contributed by atoms with Gasteiger partial charge in [-0.2, -0.15) is 0 Å². The Labute approximate surface area is 102 Å². The van der Waals surface area contributed by atoms with Gasteiger partial charge in [-0.05, 0) is 25.3 Å². The molecule has 1 saturated carbocycles. The summed E-state index contributed by atoms with van der Waals surface area (Å²) in [5.74, 6) is -0.175. The fraction of sp³-hybridized carbons (Fsp3) is 0.571. The normalized spacial score (nSPS) is 17.1. The first-order valence-electron chi connectivity index (χ1n) is 6.40. The Balaban J connectivity index is 1.99. The molecule has 1 unspecified atom stereocenters. The molecule has 1 aromatic rings. The zero-order chi connectivity index (χ0) is 12.1. The van der Waals surface area contributed by atoms with Gasteiger partial charge in [0.2, 0.25) is 0 Å². The maximum Gasteiger partial charge on any atom is 0.129 e. The van der Waals surface area contributed by atoms with Crippen molar-refractivity contribution in [2.75, 3.05) is 13.2 Å². The Kier molecular flexibility index (Phi) is 4.51. The Bertz CT molecular complexity index is 352. The molecule has 0 amide bonds. The van der Waals surface area contributed by atoms with Gasteiger partial charge in [-0.3, -0.25) is 0 Å². The summed E-state index contributed by atoms with van der Waals surface area (Å²) in [5.41, 5.74) is 0.661. The van der Waals surface area contributed by atoms with Crippen LogP contribution in [-0.2, 0) is 4.74 Å². The van der Waals surface area contributed by atoms with Gasteiger partial charge in [0.25, 0.3) is 0 Å². The molecule has 1 aromatic carbocycles. The van der Waals surface area contributed by atoms with E-state index >= 15 is 0 Å². The molecule has 0 saturated heterocycles. The van der Waals surface area contributed by atoms with Gasteiger partial charge in [-0.1, -0.05) is 25.1 Å². The standard InChI is InChI=1S/C14H20FNO/c1-2-9-17-14(10-16-11-7-8-11)12-5-3-4-6-13(12)15/h3-6,11,14,16H,2,7-10H2,1H3. The summed E-state index contributed by atoms with van der Waals surface area (Å²) in [6, 6.07) is 7.50. The zero-order valence-corrected chi connectivity index (χ0v) is 10.3. The molecule has 0 radical (unpaired) electrons. The average Bonchev–Trinajstić information content (AvgIpc) is 3.15. The van der Waals surface area contributed by atoms with Crippen molar-refractivity contribution < 1.29 is 9.13 Å². The van der Waals surface area contributed by atoms with Crippen LogP contribution in [0.25, 0.3) is 0 Å². The number of halogens is 1. The van der Waals surface area contributed by atoms with Crippen molar-refractivity contribution in [1.82, 2.24) is 5.32 Å². The van der Waals surface area contributed by atoms with E-state index < -0.39 is 0 Å². The van der Waals surface area contributed by atoms with Crippen molar-refractivity contribution in [3.05, 3.63) is 35.6 Å². The number of hydrogen-bond donors (Lipinski definition) is 1. The fourth-order valence-electron chi connectivity index (χ4n) is 1.82. The van der Waals surface area contributed by atoms with E-state index in [-0.39, 0.29) is 11.9 Å². The van der Waals surface area contributed by atoms with Crippen LogP contribution in [0.15, 0.2) is 24.3 Å². The van der Waals surface area contributed by atoms with E-state index in [1.807, 2.05) is 12.1 Å². The topological polar surface area (TPSA) is 21.3 Å². The lowest BCUT2D eigenvalue weighted by atomic mass is 10.1. The van der Waals surface area contributed by atoms with Crippen LogP contribution < -0.4 is 5.32 Å². The minimum Gasteiger partial charge on any atom is -0.372 e. The maximum atomic E-state index is 13.7. The van der Waals surface area contributed by atoms with Crippen LogP contribution in [0.2, 0.25) is 0 Å². The highest BCUT2D eigenvalue weighted by atomic mass is 19.1. The van der Waals surface area contributed by atoms with Gasteiger partial charge < -0.3 is 10.1 Å². The first kappa shape index (κ1) is 12.5. The predicted molar refractivity (Wildman–Crippen MR) is 66.4 cm³/mol. The highest BCUT2D eigenvalue weighted by Gasteiger charge is 2.23. The largest absolute Gasteiger partial charge is 0.372 e. The first-order valence-corrected chi connectivity index (χ1v) is 6.40. The Morgan fingerprint density at radius 1 is 1.41 bits per heavy atom. The predicted octanol–water partition coefficient (Wildman–Crippen LogP) is 3.05. The quantitative estimate of drug-likeness (QED) is 0.787. The maximum absolute atomic E-state index is 13.7. The number of nitrogens with one attached hydrogen (secondary N) is 1. The molecule has 1 fully saturated rings. The first-order chi connectivity index (χ1) is 8.31. The minimum absolute atomic E-state index is 0.170. The smallest absolute Gasteiger partial charge is 0.129 e. The fourth-order valence-corrected chi connectivity index (χ4v) is 1.82.